The van der Waals surface area contributed by atoms with Gasteiger partial charge in [-0.15, -0.1) is 0 Å². The van der Waals surface area contributed by atoms with Crippen LogP contribution in [0.4, 0.5) is 0 Å². The van der Waals surface area contributed by atoms with E-state index in [0.29, 0.717) is 22.9 Å². The minimum absolute atomic E-state index is 0.158. The molecule has 1 aliphatic heterocycles. The Kier molecular flexibility index (Phi) is 6.74. The summed E-state index contributed by atoms with van der Waals surface area (Å²) in [7, 11) is 2.07. The predicted molar refractivity (Wildman–Crippen MR) is 138 cm³/mol. The third-order valence-electron chi connectivity index (χ3n) is 8.31. The number of aromatic nitrogens is 3. The fourth-order valence-corrected chi connectivity index (χ4v) is 6.23. The zero-order chi connectivity index (χ0) is 25.5. The summed E-state index contributed by atoms with van der Waals surface area (Å²) in [5.74, 6) is 1.21. The van der Waals surface area contributed by atoms with Crippen molar-refractivity contribution in [3.05, 3.63) is 65.3 Å². The first-order valence-electron chi connectivity index (χ1n) is 13.2. The highest BCUT2D eigenvalue weighted by molar-refractivity contribution is 5.56. The monoisotopic (exact) mass is 490 g/mol. The van der Waals surface area contributed by atoms with E-state index in [0.717, 1.165) is 44.3 Å². The van der Waals surface area contributed by atoms with E-state index in [1.807, 2.05) is 18.2 Å². The Morgan fingerprint density at radius 1 is 1.06 bits per heavy atom. The fourth-order valence-electron chi connectivity index (χ4n) is 6.23. The molecule has 2 fully saturated rings. The Balaban J connectivity index is 1.50. The number of hydrogen-bond donors (Lipinski definition) is 2. The van der Waals surface area contributed by atoms with Gasteiger partial charge in [0.2, 0.25) is 5.82 Å². The molecule has 7 heteroatoms. The molecule has 192 valence electrons. The molecule has 0 bridgehead atoms. The number of likely N-dealkylation sites (tertiary alicyclic amines) is 1. The lowest BCUT2D eigenvalue weighted by atomic mass is 9.62. The van der Waals surface area contributed by atoms with Crippen LogP contribution in [0.3, 0.4) is 0 Å². The molecule has 2 aromatic heterocycles. The smallest absolute Gasteiger partial charge is 0.256 e. The summed E-state index contributed by atoms with van der Waals surface area (Å²) in [6, 6.07) is 10.2. The first-order valence-corrected chi connectivity index (χ1v) is 13.2. The van der Waals surface area contributed by atoms with Gasteiger partial charge in [-0.3, -0.25) is 4.98 Å². The normalized spacial score (nSPS) is 21.2. The van der Waals surface area contributed by atoms with Gasteiger partial charge < -0.3 is 19.6 Å². The van der Waals surface area contributed by atoms with E-state index in [9.17, 15) is 10.2 Å². The Morgan fingerprint density at radius 3 is 2.39 bits per heavy atom. The zero-order valence-corrected chi connectivity index (χ0v) is 21.8. The van der Waals surface area contributed by atoms with Crippen molar-refractivity contribution < 1.29 is 14.7 Å². The molecule has 7 nitrogen and oxygen atoms in total. The molecule has 1 saturated heterocycles. The maximum absolute atomic E-state index is 12.4. The van der Waals surface area contributed by atoms with Gasteiger partial charge in [0, 0.05) is 42.0 Å². The van der Waals surface area contributed by atoms with E-state index in [1.54, 1.807) is 12.4 Å². The molecule has 2 aliphatic rings. The van der Waals surface area contributed by atoms with Crippen LogP contribution in [0, 0.1) is 11.3 Å². The molecule has 1 aromatic carbocycles. The van der Waals surface area contributed by atoms with E-state index in [-0.39, 0.29) is 17.2 Å². The standard InChI is InChI=1S/C29H38N4O3/c1-19(2)20-10-12-23(13-11-20)29(35,28(3)17-33(4)18-28)24-14-22(15-30-16-24)26-31-27(36-32-26)25(34)21-8-6-5-7-9-21/h10-16,19,21,25,34-35H,5-9,17-18H2,1-4H3/t25-,29?/m1/s1. The summed E-state index contributed by atoms with van der Waals surface area (Å²) < 4.78 is 5.49. The summed E-state index contributed by atoms with van der Waals surface area (Å²) in [4.78, 5) is 11.2. The van der Waals surface area contributed by atoms with E-state index >= 15 is 0 Å². The third kappa shape index (κ3) is 4.38. The van der Waals surface area contributed by atoms with Gasteiger partial charge in [0.05, 0.1) is 0 Å². The van der Waals surface area contributed by atoms with Crippen molar-refractivity contribution in [1.29, 1.82) is 0 Å². The zero-order valence-electron chi connectivity index (χ0n) is 21.8. The van der Waals surface area contributed by atoms with Gasteiger partial charge in [0.25, 0.3) is 5.89 Å². The van der Waals surface area contributed by atoms with E-state index in [2.05, 4.69) is 60.0 Å². The lowest BCUT2D eigenvalue weighted by Crippen LogP contribution is -2.63. The fraction of sp³-hybridized carbons (Fsp3) is 0.552. The van der Waals surface area contributed by atoms with Crippen LogP contribution >= 0.6 is 0 Å². The minimum atomic E-state index is -1.24. The number of aliphatic hydroxyl groups excluding tert-OH is 1. The number of pyridine rings is 1. The average molecular weight is 491 g/mol. The number of rotatable bonds is 7. The molecule has 0 spiro atoms. The molecule has 3 aromatic rings. The maximum Gasteiger partial charge on any atom is 0.256 e. The summed E-state index contributed by atoms with van der Waals surface area (Å²) in [6.07, 6.45) is 8.09. The highest BCUT2D eigenvalue weighted by Crippen LogP contribution is 2.50. The molecule has 2 N–H and O–H groups in total. The van der Waals surface area contributed by atoms with Crippen molar-refractivity contribution in [2.24, 2.45) is 11.3 Å². The molecular weight excluding hydrogens is 452 g/mol. The van der Waals surface area contributed by atoms with Gasteiger partial charge in [0.15, 0.2) is 0 Å². The summed E-state index contributed by atoms with van der Waals surface area (Å²) in [5.41, 5.74) is 1.81. The SMILES string of the molecule is CC(C)c1ccc(C(O)(c2cncc(-c3noc([C@H](O)C4CCCCC4)n3)c2)C2(C)CN(C)C2)cc1. The Morgan fingerprint density at radius 2 is 1.75 bits per heavy atom. The first kappa shape index (κ1) is 25.1. The number of aliphatic hydroxyl groups is 2. The second kappa shape index (κ2) is 9.69. The minimum Gasteiger partial charge on any atom is -0.383 e. The lowest BCUT2D eigenvalue weighted by Gasteiger charge is -2.55. The van der Waals surface area contributed by atoms with Crippen LogP contribution in [-0.2, 0) is 5.60 Å². The van der Waals surface area contributed by atoms with E-state index in [4.69, 9.17) is 4.52 Å². The van der Waals surface area contributed by atoms with Crippen LogP contribution in [0.25, 0.3) is 11.4 Å². The van der Waals surface area contributed by atoms with Gasteiger partial charge in [-0.1, -0.05) is 69.5 Å². The van der Waals surface area contributed by atoms with Crippen molar-refractivity contribution in [2.45, 2.75) is 70.5 Å². The lowest BCUT2D eigenvalue weighted by molar-refractivity contribution is -0.127. The Bertz CT molecular complexity index is 1180. The van der Waals surface area contributed by atoms with Crippen LogP contribution in [0.15, 0.2) is 47.2 Å². The van der Waals surface area contributed by atoms with Crippen LogP contribution < -0.4 is 0 Å². The summed E-state index contributed by atoms with van der Waals surface area (Å²) in [5, 5.41) is 27.4. The van der Waals surface area contributed by atoms with Crippen LogP contribution in [-0.4, -0.2) is 50.4 Å². The molecule has 3 heterocycles. The Hall–Kier alpha value is -2.61. The second-order valence-corrected chi connectivity index (χ2v) is 11.5. The molecule has 0 radical (unpaired) electrons. The summed E-state index contributed by atoms with van der Waals surface area (Å²) >= 11 is 0. The first-order chi connectivity index (χ1) is 17.2. The average Bonchev–Trinajstić information content (AvgIpc) is 3.38. The second-order valence-electron chi connectivity index (χ2n) is 11.5. The van der Waals surface area contributed by atoms with Crippen LogP contribution in [0.2, 0.25) is 0 Å². The largest absolute Gasteiger partial charge is 0.383 e. The molecule has 1 unspecified atom stereocenters. The van der Waals surface area contributed by atoms with E-state index < -0.39 is 11.7 Å². The Labute approximate surface area is 213 Å². The molecule has 36 heavy (non-hydrogen) atoms. The molecule has 5 rings (SSSR count). The van der Waals surface area contributed by atoms with Crippen molar-refractivity contribution in [1.82, 2.24) is 20.0 Å². The van der Waals surface area contributed by atoms with Gasteiger partial charge >= 0.3 is 0 Å². The number of hydrogen-bond acceptors (Lipinski definition) is 7. The van der Waals surface area contributed by atoms with E-state index in [1.165, 1.54) is 12.0 Å². The van der Waals surface area contributed by atoms with Crippen molar-refractivity contribution in [3.63, 3.8) is 0 Å². The summed E-state index contributed by atoms with van der Waals surface area (Å²) in [6.45, 7) is 7.99. The van der Waals surface area contributed by atoms with Gasteiger partial charge in [-0.25, -0.2) is 0 Å². The van der Waals surface area contributed by atoms with Gasteiger partial charge in [-0.2, -0.15) is 4.98 Å². The topological polar surface area (TPSA) is 95.5 Å². The quantitative estimate of drug-likeness (QED) is 0.478. The molecular formula is C29H38N4O3. The molecule has 1 aliphatic carbocycles. The van der Waals surface area contributed by atoms with Crippen LogP contribution in [0.1, 0.15) is 87.5 Å². The van der Waals surface area contributed by atoms with Gasteiger partial charge in [-0.05, 0) is 48.9 Å². The highest BCUT2D eigenvalue weighted by atomic mass is 16.5. The van der Waals surface area contributed by atoms with Crippen LogP contribution in [0.5, 0.6) is 0 Å². The number of nitrogens with zero attached hydrogens (tertiary/aromatic N) is 4. The van der Waals surface area contributed by atoms with Crippen molar-refractivity contribution in [3.8, 4) is 11.4 Å². The third-order valence-corrected chi connectivity index (χ3v) is 8.31. The molecule has 2 atom stereocenters. The van der Waals surface area contributed by atoms with Crippen molar-refractivity contribution in [2.75, 3.05) is 20.1 Å². The molecule has 0 amide bonds. The van der Waals surface area contributed by atoms with Gasteiger partial charge in [0.1, 0.15) is 11.7 Å². The highest BCUT2D eigenvalue weighted by Gasteiger charge is 2.55. The maximum atomic E-state index is 12.4. The predicted octanol–water partition coefficient (Wildman–Crippen LogP) is 5.06. The number of benzene rings is 1. The molecule has 1 saturated carbocycles. The van der Waals surface area contributed by atoms with Crippen molar-refractivity contribution >= 4 is 0 Å².